The number of amides is 1. The number of nitrogens with two attached hydrogens (primary N) is 1. The first kappa shape index (κ1) is 13.6. The Morgan fingerprint density at radius 3 is 2.71 bits per heavy atom. The second-order valence-electron chi connectivity index (χ2n) is 4.01. The molecule has 0 saturated heterocycles. The molecule has 94 valence electrons. The molecule has 1 aromatic rings. The molecule has 0 unspecified atom stereocenters. The highest BCUT2D eigenvalue weighted by atomic mass is 16.2. The van der Waals surface area contributed by atoms with Gasteiger partial charge in [-0.15, -0.1) is 0 Å². The van der Waals surface area contributed by atoms with Crippen LogP contribution in [0.3, 0.4) is 0 Å². The van der Waals surface area contributed by atoms with Crippen LogP contribution in [0.4, 0.5) is 0 Å². The largest absolute Gasteiger partial charge is 0.339 e. The standard InChI is InChI=1S/C12H20N4O/c1-4-16(7-5-6-13)12(17)11-8-9(2)14-15-10(11)3/h8H,4-7,13H2,1-3H3. The lowest BCUT2D eigenvalue weighted by Crippen LogP contribution is -2.33. The van der Waals surface area contributed by atoms with Crippen molar-refractivity contribution >= 4 is 5.91 Å². The second-order valence-corrected chi connectivity index (χ2v) is 4.01. The predicted molar refractivity (Wildman–Crippen MR) is 66.8 cm³/mol. The Morgan fingerprint density at radius 2 is 2.12 bits per heavy atom. The van der Waals surface area contributed by atoms with Crippen molar-refractivity contribution in [1.29, 1.82) is 0 Å². The van der Waals surface area contributed by atoms with Crippen LogP contribution in [0, 0.1) is 13.8 Å². The van der Waals surface area contributed by atoms with Gasteiger partial charge in [0.15, 0.2) is 0 Å². The first-order chi connectivity index (χ1) is 8.10. The summed E-state index contributed by atoms with van der Waals surface area (Å²) in [6.07, 6.45) is 0.816. The first-order valence-electron chi connectivity index (χ1n) is 5.90. The van der Waals surface area contributed by atoms with Crippen molar-refractivity contribution in [3.63, 3.8) is 0 Å². The summed E-state index contributed by atoms with van der Waals surface area (Å²) in [6.45, 7) is 7.56. The van der Waals surface area contributed by atoms with E-state index in [1.165, 1.54) is 0 Å². The van der Waals surface area contributed by atoms with E-state index in [2.05, 4.69) is 10.2 Å². The smallest absolute Gasteiger partial charge is 0.255 e. The number of aryl methyl sites for hydroxylation is 2. The molecule has 1 amide bonds. The molecule has 1 aromatic heterocycles. The van der Waals surface area contributed by atoms with E-state index in [9.17, 15) is 4.79 Å². The summed E-state index contributed by atoms with van der Waals surface area (Å²) < 4.78 is 0. The number of rotatable bonds is 5. The van der Waals surface area contributed by atoms with Crippen molar-refractivity contribution in [3.05, 3.63) is 23.0 Å². The zero-order valence-corrected chi connectivity index (χ0v) is 10.7. The van der Waals surface area contributed by atoms with E-state index in [1.54, 1.807) is 17.9 Å². The Labute approximate surface area is 102 Å². The third-order valence-corrected chi connectivity index (χ3v) is 2.63. The highest BCUT2D eigenvalue weighted by Crippen LogP contribution is 2.09. The molecule has 0 aliphatic carbocycles. The fourth-order valence-electron chi connectivity index (χ4n) is 1.62. The zero-order valence-electron chi connectivity index (χ0n) is 10.7. The fraction of sp³-hybridized carbons (Fsp3) is 0.583. The summed E-state index contributed by atoms with van der Waals surface area (Å²) in [5.41, 5.74) is 7.53. The van der Waals surface area contributed by atoms with E-state index in [4.69, 9.17) is 5.73 Å². The van der Waals surface area contributed by atoms with Crippen LogP contribution in [0.15, 0.2) is 6.07 Å². The summed E-state index contributed by atoms with van der Waals surface area (Å²) in [6, 6.07) is 1.79. The molecule has 17 heavy (non-hydrogen) atoms. The Kier molecular flexibility index (Phi) is 5.03. The quantitative estimate of drug-likeness (QED) is 0.824. The van der Waals surface area contributed by atoms with E-state index >= 15 is 0 Å². The maximum absolute atomic E-state index is 12.3. The van der Waals surface area contributed by atoms with Gasteiger partial charge in [0.05, 0.1) is 17.0 Å². The summed E-state index contributed by atoms with van der Waals surface area (Å²) in [4.78, 5) is 14.1. The van der Waals surface area contributed by atoms with Gasteiger partial charge in [0.2, 0.25) is 0 Å². The molecule has 0 saturated carbocycles. The van der Waals surface area contributed by atoms with Gasteiger partial charge in [-0.3, -0.25) is 4.79 Å². The molecule has 1 heterocycles. The second kappa shape index (κ2) is 6.30. The number of carbonyl (C=O) groups is 1. The number of nitrogens with zero attached hydrogens (tertiary/aromatic N) is 3. The Balaban J connectivity index is 2.89. The van der Waals surface area contributed by atoms with E-state index in [1.807, 2.05) is 13.8 Å². The maximum Gasteiger partial charge on any atom is 0.255 e. The van der Waals surface area contributed by atoms with Crippen molar-refractivity contribution in [3.8, 4) is 0 Å². The number of carbonyl (C=O) groups excluding carboxylic acids is 1. The average molecular weight is 236 g/mol. The highest BCUT2D eigenvalue weighted by molar-refractivity contribution is 5.95. The maximum atomic E-state index is 12.3. The van der Waals surface area contributed by atoms with Crippen molar-refractivity contribution < 1.29 is 4.79 Å². The van der Waals surface area contributed by atoms with Crippen LogP contribution < -0.4 is 5.73 Å². The molecule has 0 atom stereocenters. The molecule has 5 nitrogen and oxygen atoms in total. The Bertz CT molecular complexity index is 392. The first-order valence-corrected chi connectivity index (χ1v) is 5.90. The van der Waals surface area contributed by atoms with Gasteiger partial charge >= 0.3 is 0 Å². The monoisotopic (exact) mass is 236 g/mol. The lowest BCUT2D eigenvalue weighted by Gasteiger charge is -2.21. The third-order valence-electron chi connectivity index (χ3n) is 2.63. The summed E-state index contributed by atoms with van der Waals surface area (Å²) in [5, 5.41) is 7.90. The van der Waals surface area contributed by atoms with Crippen LogP contribution in [0.2, 0.25) is 0 Å². The van der Waals surface area contributed by atoms with Crippen molar-refractivity contribution in [2.24, 2.45) is 5.73 Å². The van der Waals surface area contributed by atoms with Gasteiger partial charge in [0, 0.05) is 13.1 Å². The molecule has 1 rings (SSSR count). The van der Waals surface area contributed by atoms with Crippen LogP contribution in [-0.2, 0) is 0 Å². The molecule has 0 spiro atoms. The van der Waals surface area contributed by atoms with Crippen molar-refractivity contribution in [2.45, 2.75) is 27.2 Å². The van der Waals surface area contributed by atoms with Crippen LogP contribution in [-0.4, -0.2) is 40.6 Å². The zero-order chi connectivity index (χ0) is 12.8. The Morgan fingerprint density at radius 1 is 1.41 bits per heavy atom. The lowest BCUT2D eigenvalue weighted by atomic mass is 10.1. The third kappa shape index (κ3) is 3.49. The highest BCUT2D eigenvalue weighted by Gasteiger charge is 2.17. The molecule has 0 aliphatic heterocycles. The lowest BCUT2D eigenvalue weighted by molar-refractivity contribution is 0.0762. The van der Waals surface area contributed by atoms with Gasteiger partial charge in [-0.1, -0.05) is 0 Å². The van der Waals surface area contributed by atoms with Gasteiger partial charge in [0.25, 0.3) is 5.91 Å². The number of hydrogen-bond donors (Lipinski definition) is 1. The fourth-order valence-corrected chi connectivity index (χ4v) is 1.62. The molecule has 0 bridgehead atoms. The van der Waals surface area contributed by atoms with Crippen molar-refractivity contribution in [1.82, 2.24) is 15.1 Å². The van der Waals surface area contributed by atoms with Crippen LogP contribution in [0.1, 0.15) is 35.1 Å². The molecular formula is C12H20N4O. The SMILES string of the molecule is CCN(CCCN)C(=O)c1cc(C)nnc1C. The molecule has 0 aromatic carbocycles. The van der Waals surface area contributed by atoms with Gasteiger partial charge < -0.3 is 10.6 Å². The molecule has 5 heteroatoms. The minimum Gasteiger partial charge on any atom is -0.339 e. The van der Waals surface area contributed by atoms with E-state index < -0.39 is 0 Å². The minimum absolute atomic E-state index is 0.0106. The molecular weight excluding hydrogens is 216 g/mol. The van der Waals surface area contributed by atoms with Gasteiger partial charge in [0.1, 0.15) is 0 Å². The summed E-state index contributed by atoms with van der Waals surface area (Å²) in [7, 11) is 0. The van der Waals surface area contributed by atoms with E-state index in [-0.39, 0.29) is 5.91 Å². The van der Waals surface area contributed by atoms with E-state index in [0.717, 1.165) is 12.1 Å². The summed E-state index contributed by atoms with van der Waals surface area (Å²) in [5.74, 6) is 0.0106. The van der Waals surface area contributed by atoms with E-state index in [0.29, 0.717) is 30.9 Å². The van der Waals surface area contributed by atoms with Crippen molar-refractivity contribution in [2.75, 3.05) is 19.6 Å². The number of aromatic nitrogens is 2. The van der Waals surface area contributed by atoms with Gasteiger partial charge in [-0.05, 0) is 39.8 Å². The molecule has 0 aliphatic rings. The Hall–Kier alpha value is -1.49. The molecule has 2 N–H and O–H groups in total. The van der Waals surface area contributed by atoms with Gasteiger partial charge in [-0.2, -0.15) is 10.2 Å². The molecule has 0 radical (unpaired) electrons. The normalized spacial score (nSPS) is 10.4. The van der Waals surface area contributed by atoms with Crippen LogP contribution >= 0.6 is 0 Å². The minimum atomic E-state index is 0.0106. The summed E-state index contributed by atoms with van der Waals surface area (Å²) >= 11 is 0. The van der Waals surface area contributed by atoms with Gasteiger partial charge in [-0.25, -0.2) is 0 Å². The predicted octanol–water partition coefficient (Wildman–Crippen LogP) is 0.904. The number of hydrogen-bond acceptors (Lipinski definition) is 4. The van der Waals surface area contributed by atoms with Crippen LogP contribution in [0.5, 0.6) is 0 Å². The average Bonchev–Trinajstić information content (AvgIpc) is 2.33. The van der Waals surface area contributed by atoms with Crippen LogP contribution in [0.25, 0.3) is 0 Å². The topological polar surface area (TPSA) is 72.1 Å². The molecule has 0 fully saturated rings.